The van der Waals surface area contributed by atoms with Crippen LogP contribution in [0.5, 0.6) is 5.75 Å². The lowest BCUT2D eigenvalue weighted by Crippen LogP contribution is -1.79. The Morgan fingerprint density at radius 2 is 2.14 bits per heavy atom. The highest BCUT2D eigenvalue weighted by molar-refractivity contribution is 5.82. The average Bonchev–Trinajstić information content (AvgIpc) is 2.59. The molecule has 0 saturated heterocycles. The minimum absolute atomic E-state index is 0.827. The number of allylic oxidation sites excluding steroid dienone is 1. The molecule has 0 aliphatic rings. The molecule has 1 aromatic carbocycles. The topological polar surface area (TPSA) is 22.4 Å². The molecular weight excluding hydrogens is 176 g/mol. The second-order valence-electron chi connectivity index (χ2n) is 3.29. The smallest absolute Gasteiger partial charge is 0.135 e. The summed E-state index contributed by atoms with van der Waals surface area (Å²) in [6.45, 7) is 5.76. The average molecular weight is 188 g/mol. The first-order valence-electron chi connectivity index (χ1n) is 4.44. The van der Waals surface area contributed by atoms with Gasteiger partial charge in [-0.05, 0) is 36.8 Å². The third-order valence-electron chi connectivity index (χ3n) is 2.14. The van der Waals surface area contributed by atoms with Crippen molar-refractivity contribution in [3.05, 3.63) is 36.6 Å². The molecule has 2 aromatic rings. The first kappa shape index (κ1) is 8.88. The molecule has 0 amide bonds. The zero-order valence-corrected chi connectivity index (χ0v) is 8.33. The van der Waals surface area contributed by atoms with Crippen LogP contribution in [0.15, 0.2) is 35.3 Å². The maximum Gasteiger partial charge on any atom is 0.135 e. The van der Waals surface area contributed by atoms with Crippen molar-refractivity contribution in [2.75, 3.05) is 7.11 Å². The summed E-state index contributed by atoms with van der Waals surface area (Å²) in [4.78, 5) is 0. The first-order chi connectivity index (χ1) is 6.70. The van der Waals surface area contributed by atoms with Gasteiger partial charge in [0.05, 0.1) is 7.11 Å². The predicted molar refractivity (Wildman–Crippen MR) is 57.5 cm³/mol. The molecule has 1 heterocycles. The maximum atomic E-state index is 5.57. The van der Waals surface area contributed by atoms with E-state index in [-0.39, 0.29) is 0 Å². The number of furan rings is 1. The number of ether oxygens (including phenoxy) is 1. The van der Waals surface area contributed by atoms with Crippen LogP contribution in [0.25, 0.3) is 16.5 Å². The summed E-state index contributed by atoms with van der Waals surface area (Å²) >= 11 is 0. The molecule has 0 spiro atoms. The maximum absolute atomic E-state index is 5.57. The van der Waals surface area contributed by atoms with Crippen LogP contribution in [0.3, 0.4) is 0 Å². The molecule has 0 unspecified atom stereocenters. The van der Waals surface area contributed by atoms with Crippen LogP contribution in [-0.2, 0) is 0 Å². The number of methoxy groups -OCH3 is 1. The Balaban J connectivity index is 2.60. The highest BCUT2D eigenvalue weighted by Crippen LogP contribution is 2.26. The van der Waals surface area contributed by atoms with Gasteiger partial charge in [-0.1, -0.05) is 6.58 Å². The van der Waals surface area contributed by atoms with E-state index < -0.39 is 0 Å². The van der Waals surface area contributed by atoms with Gasteiger partial charge in [-0.2, -0.15) is 0 Å². The van der Waals surface area contributed by atoms with Gasteiger partial charge in [0.25, 0.3) is 0 Å². The van der Waals surface area contributed by atoms with Crippen LogP contribution >= 0.6 is 0 Å². The van der Waals surface area contributed by atoms with Crippen molar-refractivity contribution in [3.63, 3.8) is 0 Å². The fourth-order valence-corrected chi connectivity index (χ4v) is 1.36. The van der Waals surface area contributed by atoms with Crippen molar-refractivity contribution >= 4 is 16.5 Å². The second kappa shape index (κ2) is 3.22. The SMILES string of the molecule is C=C(C)c1cc2cc(OC)ccc2o1. The van der Waals surface area contributed by atoms with Crippen LogP contribution in [0.4, 0.5) is 0 Å². The van der Waals surface area contributed by atoms with Crippen molar-refractivity contribution < 1.29 is 9.15 Å². The zero-order valence-electron chi connectivity index (χ0n) is 8.33. The Kier molecular flexibility index (Phi) is 2.04. The van der Waals surface area contributed by atoms with Gasteiger partial charge in [0.15, 0.2) is 0 Å². The zero-order chi connectivity index (χ0) is 10.1. The monoisotopic (exact) mass is 188 g/mol. The van der Waals surface area contributed by atoms with E-state index in [1.807, 2.05) is 31.2 Å². The van der Waals surface area contributed by atoms with E-state index in [1.54, 1.807) is 7.11 Å². The van der Waals surface area contributed by atoms with E-state index in [1.165, 1.54) is 0 Å². The van der Waals surface area contributed by atoms with Gasteiger partial charge in [-0.25, -0.2) is 0 Å². The highest BCUT2D eigenvalue weighted by Gasteiger charge is 2.04. The van der Waals surface area contributed by atoms with Gasteiger partial charge in [-0.15, -0.1) is 0 Å². The molecule has 0 aliphatic carbocycles. The summed E-state index contributed by atoms with van der Waals surface area (Å²) in [5, 5.41) is 1.04. The van der Waals surface area contributed by atoms with Crippen molar-refractivity contribution in [2.45, 2.75) is 6.92 Å². The van der Waals surface area contributed by atoms with Crippen LogP contribution in [0.2, 0.25) is 0 Å². The molecule has 0 aliphatic heterocycles. The number of hydrogen-bond donors (Lipinski definition) is 0. The summed E-state index contributed by atoms with van der Waals surface area (Å²) in [5.41, 5.74) is 1.80. The van der Waals surface area contributed by atoms with Crippen LogP contribution < -0.4 is 4.74 Å². The van der Waals surface area contributed by atoms with E-state index in [9.17, 15) is 0 Å². The number of benzene rings is 1. The molecule has 72 valence electrons. The molecule has 0 fully saturated rings. The molecule has 0 N–H and O–H groups in total. The van der Waals surface area contributed by atoms with Gasteiger partial charge in [-0.3, -0.25) is 0 Å². The van der Waals surface area contributed by atoms with Gasteiger partial charge in [0, 0.05) is 5.39 Å². The van der Waals surface area contributed by atoms with Gasteiger partial charge >= 0.3 is 0 Å². The molecule has 2 heteroatoms. The third kappa shape index (κ3) is 1.39. The van der Waals surface area contributed by atoms with Gasteiger partial charge < -0.3 is 9.15 Å². The fraction of sp³-hybridized carbons (Fsp3) is 0.167. The Labute approximate surface area is 82.8 Å². The molecule has 0 atom stereocenters. The van der Waals surface area contributed by atoms with E-state index in [4.69, 9.17) is 9.15 Å². The minimum Gasteiger partial charge on any atom is -0.497 e. The van der Waals surface area contributed by atoms with E-state index in [0.717, 1.165) is 28.1 Å². The lowest BCUT2D eigenvalue weighted by molar-refractivity contribution is 0.415. The lowest BCUT2D eigenvalue weighted by Gasteiger charge is -1.96. The van der Waals surface area contributed by atoms with Gasteiger partial charge in [0.2, 0.25) is 0 Å². The quantitative estimate of drug-likeness (QED) is 0.720. The van der Waals surface area contributed by atoms with Crippen molar-refractivity contribution in [2.24, 2.45) is 0 Å². The van der Waals surface area contributed by atoms with Crippen LogP contribution in [0.1, 0.15) is 12.7 Å². The second-order valence-corrected chi connectivity index (χ2v) is 3.29. The molecular formula is C12H12O2. The van der Waals surface area contributed by atoms with E-state index in [2.05, 4.69) is 6.58 Å². The fourth-order valence-electron chi connectivity index (χ4n) is 1.36. The minimum atomic E-state index is 0.827. The van der Waals surface area contributed by atoms with Crippen molar-refractivity contribution in [1.29, 1.82) is 0 Å². The van der Waals surface area contributed by atoms with Crippen molar-refractivity contribution in [1.82, 2.24) is 0 Å². The van der Waals surface area contributed by atoms with Gasteiger partial charge in [0.1, 0.15) is 17.1 Å². The summed E-state index contributed by atoms with van der Waals surface area (Å²) in [7, 11) is 1.65. The lowest BCUT2D eigenvalue weighted by atomic mass is 10.2. The molecule has 0 radical (unpaired) electrons. The Bertz CT molecular complexity index is 480. The Hall–Kier alpha value is -1.70. The van der Waals surface area contributed by atoms with Crippen molar-refractivity contribution in [3.8, 4) is 5.75 Å². The summed E-state index contributed by atoms with van der Waals surface area (Å²) in [6.07, 6.45) is 0. The standard InChI is InChI=1S/C12H12O2/c1-8(2)12-7-9-6-10(13-3)4-5-11(9)14-12/h4-7H,1H2,2-3H3. The number of hydrogen-bond acceptors (Lipinski definition) is 2. The molecule has 2 nitrogen and oxygen atoms in total. The Morgan fingerprint density at radius 3 is 2.79 bits per heavy atom. The number of rotatable bonds is 2. The molecule has 0 saturated carbocycles. The highest BCUT2D eigenvalue weighted by atomic mass is 16.5. The Morgan fingerprint density at radius 1 is 1.36 bits per heavy atom. The summed E-state index contributed by atoms with van der Waals surface area (Å²) in [6, 6.07) is 7.71. The van der Waals surface area contributed by atoms with E-state index >= 15 is 0 Å². The first-order valence-corrected chi connectivity index (χ1v) is 4.44. The van der Waals surface area contributed by atoms with E-state index in [0.29, 0.717) is 0 Å². The number of fused-ring (bicyclic) bond motifs is 1. The summed E-state index contributed by atoms with van der Waals surface area (Å²) in [5.74, 6) is 1.67. The summed E-state index contributed by atoms with van der Waals surface area (Å²) < 4.78 is 10.7. The largest absolute Gasteiger partial charge is 0.497 e. The molecule has 0 bridgehead atoms. The van der Waals surface area contributed by atoms with Crippen LogP contribution in [0, 0.1) is 0 Å². The molecule has 1 aromatic heterocycles. The normalized spacial score (nSPS) is 10.4. The molecule has 14 heavy (non-hydrogen) atoms. The van der Waals surface area contributed by atoms with Crippen LogP contribution in [-0.4, -0.2) is 7.11 Å². The predicted octanol–water partition coefficient (Wildman–Crippen LogP) is 3.47. The molecule has 2 rings (SSSR count). The third-order valence-corrected chi connectivity index (χ3v) is 2.14.